The van der Waals surface area contributed by atoms with Crippen LogP contribution >= 0.6 is 0 Å². The Morgan fingerprint density at radius 3 is 2.53 bits per heavy atom. The Bertz CT molecular complexity index is 377. The van der Waals surface area contributed by atoms with E-state index in [-0.39, 0.29) is 12.5 Å². The number of carbonyl (C=O) groups is 1. The van der Waals surface area contributed by atoms with Crippen LogP contribution in [0, 0.1) is 0 Å². The first-order valence-electron chi connectivity index (χ1n) is 5.08. The number of hydrogen-bond donors (Lipinski definition) is 1. The molecule has 1 N–H and O–H groups in total. The number of aliphatic hydroxyl groups excluding tert-OH is 1. The third kappa shape index (κ3) is 4.58. The van der Waals surface area contributed by atoms with Crippen LogP contribution in [0.15, 0.2) is 0 Å². The van der Waals surface area contributed by atoms with Crippen LogP contribution in [0.1, 0.15) is 20.3 Å². The van der Waals surface area contributed by atoms with E-state index in [1.165, 1.54) is 0 Å². The van der Waals surface area contributed by atoms with Gasteiger partial charge in [-0.05, 0) is 6.92 Å². The topological polar surface area (TPSA) is 99.1 Å². The molecule has 1 saturated heterocycles. The number of esters is 1. The van der Waals surface area contributed by atoms with E-state index < -0.39 is 34.6 Å². The minimum atomic E-state index is -3.70. The van der Waals surface area contributed by atoms with Crippen LogP contribution in [0.4, 0.5) is 0 Å². The van der Waals surface area contributed by atoms with Crippen LogP contribution in [0.5, 0.6) is 0 Å². The van der Waals surface area contributed by atoms with Crippen molar-refractivity contribution < 1.29 is 32.0 Å². The predicted molar refractivity (Wildman–Crippen MR) is 56.4 cm³/mol. The van der Waals surface area contributed by atoms with Crippen molar-refractivity contribution in [3.05, 3.63) is 0 Å². The Morgan fingerprint density at radius 2 is 2.06 bits per heavy atom. The number of carbonyl (C=O) groups excluding carboxylic acids is 1. The lowest BCUT2D eigenvalue weighted by molar-refractivity contribution is -0.247. The molecule has 1 heterocycles. The summed E-state index contributed by atoms with van der Waals surface area (Å²) in [5, 5.41) is 9.58. The van der Waals surface area contributed by atoms with Crippen LogP contribution < -0.4 is 0 Å². The molecular formula is C9H16O7S. The van der Waals surface area contributed by atoms with Gasteiger partial charge >= 0.3 is 5.97 Å². The van der Waals surface area contributed by atoms with Gasteiger partial charge in [0.15, 0.2) is 12.4 Å². The number of hydrogen-bond acceptors (Lipinski definition) is 7. The van der Waals surface area contributed by atoms with Gasteiger partial charge in [0.05, 0.1) is 12.4 Å². The van der Waals surface area contributed by atoms with Crippen molar-refractivity contribution in [2.75, 3.05) is 6.26 Å². The second kappa shape index (κ2) is 5.30. The molecule has 100 valence electrons. The molecular weight excluding hydrogens is 252 g/mol. The number of rotatable bonds is 3. The maximum absolute atomic E-state index is 11.1. The van der Waals surface area contributed by atoms with Gasteiger partial charge in [0.2, 0.25) is 0 Å². The highest BCUT2D eigenvalue weighted by Crippen LogP contribution is 2.25. The van der Waals surface area contributed by atoms with Crippen LogP contribution in [0.2, 0.25) is 0 Å². The molecule has 8 heteroatoms. The number of ether oxygens (including phenoxy) is 2. The van der Waals surface area contributed by atoms with E-state index in [0.717, 1.165) is 13.2 Å². The Hall–Kier alpha value is -0.700. The van der Waals surface area contributed by atoms with Gasteiger partial charge in [0.1, 0.15) is 6.10 Å². The Kier molecular flexibility index (Phi) is 4.48. The van der Waals surface area contributed by atoms with Gasteiger partial charge in [-0.3, -0.25) is 8.98 Å². The molecule has 1 rings (SSSR count). The van der Waals surface area contributed by atoms with Gasteiger partial charge in [-0.15, -0.1) is 0 Å². The molecule has 0 aliphatic carbocycles. The summed E-state index contributed by atoms with van der Waals surface area (Å²) in [4.78, 5) is 10.9. The molecule has 0 aromatic rings. The van der Waals surface area contributed by atoms with Crippen LogP contribution in [0.3, 0.4) is 0 Å². The zero-order valence-electron chi connectivity index (χ0n) is 9.82. The molecule has 1 fully saturated rings. The summed E-state index contributed by atoms with van der Waals surface area (Å²) in [5.41, 5.74) is 0. The summed E-state index contributed by atoms with van der Waals surface area (Å²) < 4.78 is 36.8. The largest absolute Gasteiger partial charge is 0.454 e. The van der Waals surface area contributed by atoms with E-state index in [0.29, 0.717) is 0 Å². The SMILES string of the molecule is CC(=O)O[C@H]1[C@H](O)O[C@H](C)C[C@@H]1OS(C)(=O)=O. The summed E-state index contributed by atoms with van der Waals surface area (Å²) in [5.74, 6) is -0.644. The average Bonchev–Trinajstić information content (AvgIpc) is 2.07. The minimum Gasteiger partial charge on any atom is -0.454 e. The van der Waals surface area contributed by atoms with Crippen LogP contribution in [-0.4, -0.2) is 50.4 Å². The van der Waals surface area contributed by atoms with E-state index in [1.807, 2.05) is 0 Å². The van der Waals surface area contributed by atoms with Crippen LogP contribution in [-0.2, 0) is 28.6 Å². The monoisotopic (exact) mass is 268 g/mol. The van der Waals surface area contributed by atoms with Crippen LogP contribution in [0.25, 0.3) is 0 Å². The van der Waals surface area contributed by atoms with Gasteiger partial charge in [-0.25, -0.2) is 0 Å². The first kappa shape index (κ1) is 14.4. The molecule has 0 saturated carbocycles. The maximum Gasteiger partial charge on any atom is 0.303 e. The van der Waals surface area contributed by atoms with Gasteiger partial charge < -0.3 is 14.6 Å². The summed E-state index contributed by atoms with van der Waals surface area (Å²) in [6, 6.07) is 0. The molecule has 0 amide bonds. The fourth-order valence-electron chi connectivity index (χ4n) is 1.66. The van der Waals surface area contributed by atoms with Crippen molar-refractivity contribution in [1.82, 2.24) is 0 Å². The predicted octanol–water partition coefficient (Wildman–Crippen LogP) is -0.610. The normalized spacial score (nSPS) is 34.4. The third-order valence-electron chi connectivity index (χ3n) is 2.18. The van der Waals surface area contributed by atoms with Gasteiger partial charge in [-0.2, -0.15) is 8.42 Å². The highest BCUT2D eigenvalue weighted by atomic mass is 32.2. The zero-order valence-corrected chi connectivity index (χ0v) is 10.6. The fourth-order valence-corrected chi connectivity index (χ4v) is 2.30. The zero-order chi connectivity index (χ0) is 13.2. The third-order valence-corrected chi connectivity index (χ3v) is 2.78. The molecule has 7 nitrogen and oxygen atoms in total. The molecule has 1 aliphatic rings. The Balaban J connectivity index is 2.82. The highest BCUT2D eigenvalue weighted by molar-refractivity contribution is 7.86. The van der Waals surface area contributed by atoms with Gasteiger partial charge in [0.25, 0.3) is 10.1 Å². The van der Waals surface area contributed by atoms with Crippen molar-refractivity contribution in [2.45, 2.75) is 44.9 Å². The van der Waals surface area contributed by atoms with E-state index in [2.05, 4.69) is 0 Å². The minimum absolute atomic E-state index is 0.210. The van der Waals surface area contributed by atoms with Gasteiger partial charge in [0, 0.05) is 13.3 Å². The first-order valence-corrected chi connectivity index (χ1v) is 6.89. The Labute approximate surface area is 99.8 Å². The van der Waals surface area contributed by atoms with Crippen molar-refractivity contribution in [1.29, 1.82) is 0 Å². The lowest BCUT2D eigenvalue weighted by Crippen LogP contribution is -2.51. The molecule has 0 radical (unpaired) electrons. The molecule has 0 aromatic carbocycles. The summed E-state index contributed by atoms with van der Waals surface area (Å²) in [6.07, 6.45) is -2.75. The standard InChI is InChI=1S/C9H16O7S/c1-5-4-7(16-17(3,12)13)8(9(11)14-5)15-6(2)10/h5,7-9,11H,4H2,1-3H3/t5-,7+,8-,9-/m1/s1. The molecule has 0 aromatic heterocycles. The van der Waals surface area contributed by atoms with Crippen molar-refractivity contribution in [3.8, 4) is 0 Å². The molecule has 4 atom stereocenters. The number of aliphatic hydroxyl groups is 1. The molecule has 0 spiro atoms. The van der Waals surface area contributed by atoms with E-state index >= 15 is 0 Å². The summed E-state index contributed by atoms with van der Waals surface area (Å²) >= 11 is 0. The van der Waals surface area contributed by atoms with Gasteiger partial charge in [-0.1, -0.05) is 0 Å². The quantitative estimate of drug-likeness (QED) is 0.538. The van der Waals surface area contributed by atoms with Crippen molar-refractivity contribution in [2.24, 2.45) is 0 Å². The highest BCUT2D eigenvalue weighted by Gasteiger charge is 2.41. The maximum atomic E-state index is 11.1. The van der Waals surface area contributed by atoms with E-state index in [1.54, 1.807) is 6.92 Å². The lowest BCUT2D eigenvalue weighted by Gasteiger charge is -2.36. The molecule has 0 bridgehead atoms. The second-order valence-corrected chi connectivity index (χ2v) is 5.59. The van der Waals surface area contributed by atoms with Crippen molar-refractivity contribution in [3.63, 3.8) is 0 Å². The molecule has 1 aliphatic heterocycles. The fraction of sp³-hybridized carbons (Fsp3) is 0.889. The Morgan fingerprint density at radius 1 is 1.47 bits per heavy atom. The smallest absolute Gasteiger partial charge is 0.303 e. The molecule has 0 unspecified atom stereocenters. The molecule has 17 heavy (non-hydrogen) atoms. The second-order valence-electron chi connectivity index (χ2n) is 3.99. The summed E-state index contributed by atoms with van der Waals surface area (Å²) in [6.45, 7) is 2.81. The first-order chi connectivity index (χ1) is 7.69. The lowest BCUT2D eigenvalue weighted by atomic mass is 10.0. The van der Waals surface area contributed by atoms with E-state index in [4.69, 9.17) is 13.7 Å². The van der Waals surface area contributed by atoms with Crippen molar-refractivity contribution >= 4 is 16.1 Å². The van der Waals surface area contributed by atoms with E-state index in [9.17, 15) is 18.3 Å². The average molecular weight is 268 g/mol. The summed E-state index contributed by atoms with van der Waals surface area (Å²) in [7, 11) is -3.70.